The molecule has 0 spiro atoms. The van der Waals surface area contributed by atoms with Gasteiger partial charge in [0, 0.05) is 22.9 Å². The third kappa shape index (κ3) is 7.88. The third-order valence-corrected chi connectivity index (χ3v) is 5.19. The lowest BCUT2D eigenvalue weighted by Crippen LogP contribution is -2.36. The lowest BCUT2D eigenvalue weighted by atomic mass is 9.98. The molecule has 0 heterocycles. The molecule has 2 rings (SSSR count). The molecule has 0 aliphatic rings. The number of benzene rings is 2. The first-order valence-electron chi connectivity index (χ1n) is 11.1. The summed E-state index contributed by atoms with van der Waals surface area (Å²) in [5.74, 6) is -2.72. The van der Waals surface area contributed by atoms with E-state index in [4.69, 9.17) is 10.1 Å². The van der Waals surface area contributed by atoms with E-state index in [1.165, 1.54) is 7.05 Å². The molecule has 4 N–H and O–H groups in total. The summed E-state index contributed by atoms with van der Waals surface area (Å²) in [5.41, 5.74) is 2.89. The molecule has 0 saturated heterocycles. The number of unbranched alkanes of at least 4 members (excludes halogenated alkanes) is 2. The van der Waals surface area contributed by atoms with Crippen LogP contribution < -0.4 is 15.4 Å². The van der Waals surface area contributed by atoms with Crippen molar-refractivity contribution in [2.24, 2.45) is 0 Å². The summed E-state index contributed by atoms with van der Waals surface area (Å²) in [6, 6.07) is 12.4. The van der Waals surface area contributed by atoms with Crippen molar-refractivity contribution in [3.8, 4) is 5.75 Å². The molecule has 0 aliphatic carbocycles. The minimum atomic E-state index is -3.00. The quantitative estimate of drug-likeness (QED) is 0.237. The van der Waals surface area contributed by atoms with Crippen molar-refractivity contribution < 1.29 is 18.6 Å². The normalized spacial score (nSPS) is 12.4. The number of aliphatic hydroxyl groups is 1. The van der Waals surface area contributed by atoms with Gasteiger partial charge < -0.3 is 20.5 Å². The Morgan fingerprint density at radius 1 is 1.19 bits per heavy atom. The Balaban J connectivity index is 2.30. The summed E-state index contributed by atoms with van der Waals surface area (Å²) >= 11 is 0. The highest BCUT2D eigenvalue weighted by molar-refractivity contribution is 6.14. The Morgan fingerprint density at radius 2 is 1.97 bits per heavy atom. The standard InChI is InChI=1S/C25H35F2N3O2/c1-4-5-6-8-18(2)30-23-12-11-21(32-17-25(26,27)16-29-3)14-22(23)24(28)20-10-7-9-19(13-20)15-31/h7,9-14,18,28-31H,4-6,8,15-17H2,1-3H3. The predicted molar refractivity (Wildman–Crippen MR) is 126 cm³/mol. The van der Waals surface area contributed by atoms with Gasteiger partial charge in [-0.2, -0.15) is 0 Å². The van der Waals surface area contributed by atoms with Crippen molar-refractivity contribution in [3.05, 3.63) is 59.2 Å². The molecule has 2 aromatic rings. The molecule has 0 bridgehead atoms. The third-order valence-electron chi connectivity index (χ3n) is 5.19. The molecule has 0 radical (unpaired) electrons. The van der Waals surface area contributed by atoms with Crippen molar-refractivity contribution >= 4 is 11.4 Å². The van der Waals surface area contributed by atoms with Crippen molar-refractivity contribution in [1.82, 2.24) is 5.32 Å². The average Bonchev–Trinajstić information content (AvgIpc) is 2.78. The number of hydrogen-bond acceptors (Lipinski definition) is 5. The summed E-state index contributed by atoms with van der Waals surface area (Å²) in [5, 5.41) is 24.2. The number of aliphatic hydroxyl groups excluding tert-OH is 1. The second-order valence-corrected chi connectivity index (χ2v) is 8.16. The highest BCUT2D eigenvalue weighted by Gasteiger charge is 2.29. The van der Waals surface area contributed by atoms with E-state index in [2.05, 4.69) is 24.5 Å². The maximum absolute atomic E-state index is 13.9. The number of anilines is 1. The van der Waals surface area contributed by atoms with Gasteiger partial charge in [-0.15, -0.1) is 0 Å². The van der Waals surface area contributed by atoms with E-state index < -0.39 is 19.1 Å². The van der Waals surface area contributed by atoms with Crippen LogP contribution in [0.25, 0.3) is 0 Å². The molecule has 7 heteroatoms. The van der Waals surface area contributed by atoms with Crippen LogP contribution >= 0.6 is 0 Å². The molecule has 2 aromatic carbocycles. The lowest BCUT2D eigenvalue weighted by Gasteiger charge is -2.21. The Morgan fingerprint density at radius 3 is 2.66 bits per heavy atom. The van der Waals surface area contributed by atoms with Gasteiger partial charge in [0.1, 0.15) is 5.75 Å². The number of rotatable bonds is 14. The highest BCUT2D eigenvalue weighted by atomic mass is 19.3. The van der Waals surface area contributed by atoms with Crippen LogP contribution in [0.4, 0.5) is 14.5 Å². The van der Waals surface area contributed by atoms with E-state index in [-0.39, 0.29) is 24.1 Å². The summed E-state index contributed by atoms with van der Waals surface area (Å²) in [6.45, 7) is 2.92. The molecular weight excluding hydrogens is 412 g/mol. The van der Waals surface area contributed by atoms with Crippen LogP contribution in [0.5, 0.6) is 5.75 Å². The van der Waals surface area contributed by atoms with E-state index >= 15 is 0 Å². The summed E-state index contributed by atoms with van der Waals surface area (Å²) in [4.78, 5) is 0. The van der Waals surface area contributed by atoms with Crippen molar-refractivity contribution in [1.29, 1.82) is 5.41 Å². The monoisotopic (exact) mass is 447 g/mol. The van der Waals surface area contributed by atoms with Crippen LogP contribution in [0.2, 0.25) is 0 Å². The Bertz CT molecular complexity index is 874. The van der Waals surface area contributed by atoms with E-state index in [9.17, 15) is 13.9 Å². The predicted octanol–water partition coefficient (Wildman–Crippen LogP) is 5.21. The van der Waals surface area contributed by atoms with Gasteiger partial charge >= 0.3 is 0 Å². The smallest absolute Gasteiger partial charge is 0.293 e. The molecule has 0 saturated carbocycles. The molecule has 0 fully saturated rings. The second-order valence-electron chi connectivity index (χ2n) is 8.16. The topological polar surface area (TPSA) is 77.4 Å². The Kier molecular flexibility index (Phi) is 10.1. The Hall–Kier alpha value is -2.51. The zero-order chi connectivity index (χ0) is 23.6. The van der Waals surface area contributed by atoms with Crippen molar-refractivity contribution in [2.45, 2.75) is 58.1 Å². The van der Waals surface area contributed by atoms with Crippen molar-refractivity contribution in [3.63, 3.8) is 0 Å². The van der Waals surface area contributed by atoms with Gasteiger partial charge in [-0.1, -0.05) is 44.4 Å². The van der Waals surface area contributed by atoms with Crippen LogP contribution in [0, 0.1) is 5.41 Å². The zero-order valence-electron chi connectivity index (χ0n) is 19.2. The first-order chi connectivity index (χ1) is 15.3. The van der Waals surface area contributed by atoms with Crippen LogP contribution in [-0.4, -0.2) is 43.0 Å². The fraction of sp³-hybridized carbons (Fsp3) is 0.480. The van der Waals surface area contributed by atoms with Gasteiger partial charge in [0.15, 0.2) is 6.61 Å². The van der Waals surface area contributed by atoms with Crippen LogP contribution in [0.3, 0.4) is 0 Å². The molecule has 32 heavy (non-hydrogen) atoms. The molecule has 5 nitrogen and oxygen atoms in total. The zero-order valence-corrected chi connectivity index (χ0v) is 19.2. The van der Waals surface area contributed by atoms with Gasteiger partial charge in [-0.05, 0) is 50.2 Å². The van der Waals surface area contributed by atoms with E-state index in [1.54, 1.807) is 42.5 Å². The average molecular weight is 448 g/mol. The number of ether oxygens (including phenoxy) is 1. The molecular formula is C25H35F2N3O2. The van der Waals surface area contributed by atoms with Crippen LogP contribution in [0.1, 0.15) is 56.2 Å². The largest absolute Gasteiger partial charge is 0.487 e. The second kappa shape index (κ2) is 12.5. The van der Waals surface area contributed by atoms with Crippen molar-refractivity contribution in [2.75, 3.05) is 25.5 Å². The summed E-state index contributed by atoms with van der Waals surface area (Å²) in [6.07, 6.45) is 4.41. The number of alkyl halides is 2. The SMILES string of the molecule is CCCCCC(C)Nc1ccc(OCC(F)(F)CNC)cc1C(=N)c1cccc(CO)c1. The van der Waals surface area contributed by atoms with Gasteiger partial charge in [-0.25, -0.2) is 8.78 Å². The molecule has 1 atom stereocenters. The van der Waals surface area contributed by atoms with Crippen LogP contribution in [-0.2, 0) is 6.61 Å². The van der Waals surface area contributed by atoms with E-state index in [0.717, 1.165) is 31.4 Å². The maximum Gasteiger partial charge on any atom is 0.293 e. The first kappa shape index (κ1) is 25.7. The fourth-order valence-electron chi connectivity index (χ4n) is 3.46. The minimum Gasteiger partial charge on any atom is -0.487 e. The van der Waals surface area contributed by atoms with Gasteiger partial charge in [-0.3, -0.25) is 5.41 Å². The Labute approximate surface area is 189 Å². The summed E-state index contributed by atoms with van der Waals surface area (Å²) < 4.78 is 33.1. The number of halogens is 2. The molecule has 0 aliphatic heterocycles. The van der Waals surface area contributed by atoms with E-state index in [1.807, 2.05) is 0 Å². The summed E-state index contributed by atoms with van der Waals surface area (Å²) in [7, 11) is 1.47. The maximum atomic E-state index is 13.9. The fourth-order valence-corrected chi connectivity index (χ4v) is 3.46. The molecule has 1 unspecified atom stereocenters. The first-order valence-corrected chi connectivity index (χ1v) is 11.1. The van der Waals surface area contributed by atoms with Gasteiger partial charge in [0.25, 0.3) is 5.92 Å². The minimum absolute atomic E-state index is 0.121. The number of hydrogen-bond donors (Lipinski definition) is 4. The van der Waals surface area contributed by atoms with Crippen LogP contribution in [0.15, 0.2) is 42.5 Å². The molecule has 0 amide bonds. The van der Waals surface area contributed by atoms with Gasteiger partial charge in [0.2, 0.25) is 0 Å². The highest BCUT2D eigenvalue weighted by Crippen LogP contribution is 2.27. The number of nitrogens with one attached hydrogen (secondary N) is 3. The van der Waals surface area contributed by atoms with E-state index in [0.29, 0.717) is 16.7 Å². The lowest BCUT2D eigenvalue weighted by molar-refractivity contribution is -0.0375. The van der Waals surface area contributed by atoms with Gasteiger partial charge in [0.05, 0.1) is 18.9 Å². The molecule has 176 valence electrons. The molecule has 0 aromatic heterocycles.